The van der Waals surface area contributed by atoms with E-state index < -0.39 is 15.9 Å². The Hall–Kier alpha value is -2.68. The number of nitrogens with two attached hydrogens (primary N) is 1. The summed E-state index contributed by atoms with van der Waals surface area (Å²) < 4.78 is 24.5. The molecule has 0 saturated heterocycles. The predicted molar refractivity (Wildman–Crippen MR) is 103 cm³/mol. The third kappa shape index (κ3) is 4.36. The molecule has 7 nitrogen and oxygen atoms in total. The van der Waals surface area contributed by atoms with E-state index in [9.17, 15) is 13.2 Å². The molecule has 27 heavy (non-hydrogen) atoms. The molecule has 0 radical (unpaired) electrons. The topological polar surface area (TPSA) is 107 Å². The fraction of sp³-hybridized carbons (Fsp3) is 0.111. The van der Waals surface area contributed by atoms with Crippen molar-refractivity contribution in [1.29, 1.82) is 0 Å². The van der Waals surface area contributed by atoms with Crippen LogP contribution in [0.4, 0.5) is 5.69 Å². The van der Waals surface area contributed by atoms with E-state index in [4.69, 9.17) is 16.7 Å². The highest BCUT2D eigenvalue weighted by atomic mass is 35.5. The number of carbonyl (C=O) groups is 1. The first-order valence-electron chi connectivity index (χ1n) is 7.97. The molecule has 0 fully saturated rings. The molecule has 1 heterocycles. The third-order valence-corrected chi connectivity index (χ3v) is 5.18. The smallest absolute Gasteiger partial charge is 0.260 e. The summed E-state index contributed by atoms with van der Waals surface area (Å²) in [5, 5.41) is 12.3. The molecule has 9 heteroatoms. The summed E-state index contributed by atoms with van der Waals surface area (Å²) in [6.07, 6.45) is 0. The number of sulfonamides is 1. The van der Waals surface area contributed by atoms with Crippen LogP contribution in [0.25, 0.3) is 0 Å². The lowest BCUT2D eigenvalue weighted by Gasteiger charge is -2.07. The molecular formula is C18H17ClN4O3S. The summed E-state index contributed by atoms with van der Waals surface area (Å²) in [4.78, 5) is 12.6. The fourth-order valence-electron chi connectivity index (χ4n) is 2.62. The van der Waals surface area contributed by atoms with E-state index in [0.29, 0.717) is 12.2 Å². The summed E-state index contributed by atoms with van der Waals surface area (Å²) in [5.74, 6) is -0.483. The summed E-state index contributed by atoms with van der Waals surface area (Å²) in [6.45, 7) is 2.11. The van der Waals surface area contributed by atoms with Gasteiger partial charge >= 0.3 is 0 Å². The van der Waals surface area contributed by atoms with Crippen molar-refractivity contribution in [3.8, 4) is 0 Å². The monoisotopic (exact) mass is 404 g/mol. The van der Waals surface area contributed by atoms with E-state index in [0.717, 1.165) is 5.56 Å². The van der Waals surface area contributed by atoms with Gasteiger partial charge in [0, 0.05) is 5.69 Å². The maximum absolute atomic E-state index is 12.7. The van der Waals surface area contributed by atoms with Crippen LogP contribution >= 0.6 is 11.6 Å². The molecule has 0 unspecified atom stereocenters. The summed E-state index contributed by atoms with van der Waals surface area (Å²) in [6, 6.07) is 15.3. The number of aromatic nitrogens is 2. The Morgan fingerprint density at radius 2 is 1.89 bits per heavy atom. The molecule has 0 aliphatic heterocycles. The van der Waals surface area contributed by atoms with E-state index in [1.807, 2.05) is 30.3 Å². The number of hydrogen-bond acceptors (Lipinski definition) is 4. The molecule has 0 saturated carbocycles. The number of primary sulfonamides is 1. The van der Waals surface area contributed by atoms with Crippen LogP contribution in [0.1, 0.15) is 21.6 Å². The zero-order chi connectivity index (χ0) is 19.6. The minimum absolute atomic E-state index is 0.0945. The molecule has 3 aromatic rings. The first-order chi connectivity index (χ1) is 12.8. The van der Waals surface area contributed by atoms with Gasteiger partial charge in [0.25, 0.3) is 5.91 Å². The van der Waals surface area contributed by atoms with Gasteiger partial charge in [0.05, 0.1) is 22.7 Å². The van der Waals surface area contributed by atoms with Crippen molar-refractivity contribution in [2.75, 3.05) is 5.32 Å². The van der Waals surface area contributed by atoms with Crippen molar-refractivity contribution in [2.24, 2.45) is 5.14 Å². The lowest BCUT2D eigenvalue weighted by molar-refractivity contribution is 0.102. The average Bonchev–Trinajstić information content (AvgIpc) is 2.89. The zero-order valence-electron chi connectivity index (χ0n) is 14.4. The second-order valence-corrected chi connectivity index (χ2v) is 7.84. The molecule has 0 atom stereocenters. The molecule has 0 spiro atoms. The number of hydrogen-bond donors (Lipinski definition) is 2. The molecule has 0 aliphatic rings. The molecule has 140 valence electrons. The Kier molecular flexibility index (Phi) is 5.31. The number of benzene rings is 2. The van der Waals surface area contributed by atoms with Gasteiger partial charge in [0.15, 0.2) is 0 Å². The van der Waals surface area contributed by atoms with Crippen LogP contribution in [-0.4, -0.2) is 24.1 Å². The number of nitrogens with one attached hydrogen (secondary N) is 1. The number of rotatable bonds is 5. The summed E-state index contributed by atoms with van der Waals surface area (Å²) >= 11 is 6.37. The fourth-order valence-corrected chi connectivity index (χ4v) is 3.50. The molecular weight excluding hydrogens is 388 g/mol. The van der Waals surface area contributed by atoms with E-state index in [1.54, 1.807) is 17.7 Å². The van der Waals surface area contributed by atoms with E-state index >= 15 is 0 Å². The Bertz CT molecular complexity index is 1100. The highest BCUT2D eigenvalue weighted by Gasteiger charge is 2.21. The zero-order valence-corrected chi connectivity index (χ0v) is 16.0. The normalized spacial score (nSPS) is 11.4. The second-order valence-electron chi connectivity index (χ2n) is 5.92. The van der Waals surface area contributed by atoms with Crippen molar-refractivity contribution in [3.05, 3.63) is 76.6 Å². The van der Waals surface area contributed by atoms with Crippen LogP contribution in [0.2, 0.25) is 5.15 Å². The maximum Gasteiger partial charge on any atom is 0.260 e. The Morgan fingerprint density at radius 1 is 1.19 bits per heavy atom. The lowest BCUT2D eigenvalue weighted by Crippen LogP contribution is -2.15. The number of carbonyl (C=O) groups excluding carboxylic acids is 1. The number of anilines is 1. The van der Waals surface area contributed by atoms with Crippen molar-refractivity contribution >= 4 is 33.2 Å². The first kappa shape index (κ1) is 19.1. The molecule has 0 aliphatic carbocycles. The third-order valence-electron chi connectivity index (χ3n) is 3.89. The van der Waals surface area contributed by atoms with Gasteiger partial charge in [-0.05, 0) is 30.7 Å². The minimum Gasteiger partial charge on any atom is -0.322 e. The predicted octanol–water partition coefficient (Wildman–Crippen LogP) is 2.79. The van der Waals surface area contributed by atoms with Crippen LogP contribution < -0.4 is 10.5 Å². The molecule has 1 amide bonds. The van der Waals surface area contributed by atoms with Gasteiger partial charge in [0.2, 0.25) is 10.0 Å². The molecule has 3 N–H and O–H groups in total. The van der Waals surface area contributed by atoms with Crippen LogP contribution in [-0.2, 0) is 16.6 Å². The van der Waals surface area contributed by atoms with Gasteiger partial charge in [-0.25, -0.2) is 18.2 Å². The summed E-state index contributed by atoms with van der Waals surface area (Å²) in [7, 11) is -3.87. The SMILES string of the molecule is Cc1nn(Cc2ccccc2)c(Cl)c1C(=O)Nc1cccc(S(N)(=O)=O)c1. The quantitative estimate of drug-likeness (QED) is 0.681. The van der Waals surface area contributed by atoms with Gasteiger partial charge in [-0.3, -0.25) is 4.79 Å². The van der Waals surface area contributed by atoms with Gasteiger partial charge in [-0.2, -0.15) is 5.10 Å². The van der Waals surface area contributed by atoms with E-state index in [1.165, 1.54) is 18.2 Å². The molecule has 3 rings (SSSR count). The number of nitrogens with zero attached hydrogens (tertiary/aromatic N) is 2. The van der Waals surface area contributed by atoms with Gasteiger partial charge < -0.3 is 5.32 Å². The highest BCUT2D eigenvalue weighted by Crippen LogP contribution is 2.23. The van der Waals surface area contributed by atoms with E-state index in [-0.39, 0.29) is 21.3 Å². The Labute approximate surface area is 161 Å². The number of aryl methyl sites for hydroxylation is 1. The van der Waals surface area contributed by atoms with Crippen molar-refractivity contribution < 1.29 is 13.2 Å². The average molecular weight is 405 g/mol. The van der Waals surface area contributed by atoms with Crippen molar-refractivity contribution in [2.45, 2.75) is 18.4 Å². The minimum atomic E-state index is -3.87. The standard InChI is InChI=1S/C18H17ClN4O3S/c1-12-16(17(19)23(22-12)11-13-6-3-2-4-7-13)18(24)21-14-8-5-9-15(10-14)27(20,25)26/h2-10H,11H2,1H3,(H,21,24)(H2,20,25,26). The molecule has 0 bridgehead atoms. The maximum atomic E-state index is 12.7. The van der Waals surface area contributed by atoms with Crippen LogP contribution in [0, 0.1) is 6.92 Å². The van der Waals surface area contributed by atoms with Gasteiger partial charge in [-0.15, -0.1) is 0 Å². The van der Waals surface area contributed by atoms with Crippen molar-refractivity contribution in [1.82, 2.24) is 9.78 Å². The molecule has 1 aromatic heterocycles. The van der Waals surface area contributed by atoms with E-state index in [2.05, 4.69) is 10.4 Å². The Morgan fingerprint density at radius 3 is 2.56 bits per heavy atom. The van der Waals surface area contributed by atoms with Crippen molar-refractivity contribution in [3.63, 3.8) is 0 Å². The first-order valence-corrected chi connectivity index (χ1v) is 9.89. The second kappa shape index (κ2) is 7.51. The largest absolute Gasteiger partial charge is 0.322 e. The number of halogens is 1. The number of amides is 1. The van der Waals surface area contributed by atoms with Crippen LogP contribution in [0.15, 0.2) is 59.5 Å². The Balaban J connectivity index is 1.85. The van der Waals surface area contributed by atoms with Crippen LogP contribution in [0.3, 0.4) is 0 Å². The van der Waals surface area contributed by atoms with Crippen LogP contribution in [0.5, 0.6) is 0 Å². The lowest BCUT2D eigenvalue weighted by atomic mass is 10.2. The molecule has 2 aromatic carbocycles. The van der Waals surface area contributed by atoms with Gasteiger partial charge in [-0.1, -0.05) is 48.0 Å². The van der Waals surface area contributed by atoms with Gasteiger partial charge in [0.1, 0.15) is 5.15 Å². The highest BCUT2D eigenvalue weighted by molar-refractivity contribution is 7.89. The summed E-state index contributed by atoms with van der Waals surface area (Å²) in [5.41, 5.74) is 1.98.